The Balaban J connectivity index is 1.71. The molecule has 4 rings (SSSR count). The molecule has 0 unspecified atom stereocenters. The van der Waals surface area contributed by atoms with E-state index in [1.807, 2.05) is 54.6 Å². The van der Waals surface area contributed by atoms with Gasteiger partial charge in [0.15, 0.2) is 0 Å². The summed E-state index contributed by atoms with van der Waals surface area (Å²) in [6.07, 6.45) is 3.68. The summed E-state index contributed by atoms with van der Waals surface area (Å²) in [5.41, 5.74) is 2.98. The number of hydrazone groups is 1. The normalized spacial score (nSPS) is 15.3. The molecule has 7 heteroatoms. The smallest absolute Gasteiger partial charge is 0.308 e. The maximum atomic E-state index is 13.2. The molecule has 3 aromatic carbocycles. The molecule has 34 heavy (non-hydrogen) atoms. The molecule has 6 nitrogen and oxygen atoms in total. The van der Waals surface area contributed by atoms with Gasteiger partial charge in [0.2, 0.25) is 0 Å². The molecular weight excluding hydrogens is 452 g/mol. The van der Waals surface area contributed by atoms with Gasteiger partial charge in [-0.25, -0.2) is 5.01 Å². The van der Waals surface area contributed by atoms with Gasteiger partial charge in [-0.15, -0.1) is 0 Å². The van der Waals surface area contributed by atoms with Gasteiger partial charge in [0, 0.05) is 30.0 Å². The van der Waals surface area contributed by atoms with Crippen molar-refractivity contribution in [2.24, 2.45) is 5.10 Å². The predicted octanol–water partition coefficient (Wildman–Crippen LogP) is 5.67. The monoisotopic (exact) mass is 474 g/mol. The number of carbonyl (C=O) groups is 2. The van der Waals surface area contributed by atoms with Crippen LogP contribution in [0.5, 0.6) is 11.5 Å². The first-order chi connectivity index (χ1) is 16.4. The number of benzene rings is 3. The second-order valence-corrected chi connectivity index (χ2v) is 8.14. The van der Waals surface area contributed by atoms with Crippen LogP contribution in [0.1, 0.15) is 36.1 Å². The highest BCUT2D eigenvalue weighted by Crippen LogP contribution is 2.36. The SMILES string of the molecule is COc1ccc([C@H]2CC(c3cc(Cl)ccc3OC(C)=O)=NN2C(=O)/C=C/c2ccccc2)cc1. The quantitative estimate of drug-likeness (QED) is 0.262. The third kappa shape index (κ3) is 5.35. The Bertz CT molecular complexity index is 1250. The topological polar surface area (TPSA) is 68.2 Å². The standard InChI is InChI=1S/C27H23ClN2O4/c1-18(31)34-26-14-11-21(28)16-23(26)24-17-25(20-9-12-22(33-2)13-10-20)30(29-24)27(32)15-8-19-6-4-3-5-7-19/h3-16,25H,17H2,1-2H3/b15-8+/t25-/m1/s1. The third-order valence-electron chi connectivity index (χ3n) is 5.36. The van der Waals surface area contributed by atoms with Crippen LogP contribution in [0.3, 0.4) is 0 Å². The molecule has 1 aliphatic rings. The van der Waals surface area contributed by atoms with Gasteiger partial charge in [0.05, 0.1) is 18.9 Å². The number of halogens is 1. The number of amides is 1. The molecule has 3 aromatic rings. The number of rotatable bonds is 6. The van der Waals surface area contributed by atoms with Crippen molar-refractivity contribution in [1.29, 1.82) is 0 Å². The molecule has 1 aliphatic heterocycles. The van der Waals surface area contributed by atoms with Crippen LogP contribution in [0.2, 0.25) is 5.02 Å². The zero-order valence-electron chi connectivity index (χ0n) is 18.8. The molecule has 0 aromatic heterocycles. The minimum atomic E-state index is -0.451. The Morgan fingerprint density at radius 3 is 2.47 bits per heavy atom. The van der Waals surface area contributed by atoms with Crippen molar-refractivity contribution in [2.45, 2.75) is 19.4 Å². The molecule has 0 N–H and O–H groups in total. The Labute approximate surface area is 203 Å². The minimum absolute atomic E-state index is 0.268. The van der Waals surface area contributed by atoms with E-state index in [0.29, 0.717) is 28.5 Å². The molecule has 0 fully saturated rings. The van der Waals surface area contributed by atoms with E-state index in [9.17, 15) is 9.59 Å². The summed E-state index contributed by atoms with van der Waals surface area (Å²) in [6.45, 7) is 1.33. The molecule has 1 atom stereocenters. The fourth-order valence-corrected chi connectivity index (χ4v) is 3.91. The maximum Gasteiger partial charge on any atom is 0.308 e. The number of hydrogen-bond donors (Lipinski definition) is 0. The lowest BCUT2D eigenvalue weighted by molar-refractivity contribution is -0.132. The predicted molar refractivity (Wildman–Crippen MR) is 132 cm³/mol. The molecule has 0 radical (unpaired) electrons. The van der Waals surface area contributed by atoms with E-state index < -0.39 is 5.97 Å². The van der Waals surface area contributed by atoms with Crippen molar-refractivity contribution < 1.29 is 19.1 Å². The number of ether oxygens (including phenoxy) is 2. The lowest BCUT2D eigenvalue weighted by atomic mass is 9.97. The van der Waals surface area contributed by atoms with E-state index in [1.54, 1.807) is 31.4 Å². The first-order valence-electron chi connectivity index (χ1n) is 10.7. The van der Waals surface area contributed by atoms with Crippen LogP contribution in [0.4, 0.5) is 0 Å². The summed E-state index contributed by atoms with van der Waals surface area (Å²) in [5.74, 6) is 0.346. The minimum Gasteiger partial charge on any atom is -0.497 e. The molecule has 0 spiro atoms. The second-order valence-electron chi connectivity index (χ2n) is 7.70. The maximum absolute atomic E-state index is 13.2. The van der Waals surface area contributed by atoms with Crippen molar-refractivity contribution in [3.63, 3.8) is 0 Å². The number of hydrogen-bond acceptors (Lipinski definition) is 5. The summed E-state index contributed by atoms with van der Waals surface area (Å²) in [5, 5.41) is 6.58. The lowest BCUT2D eigenvalue weighted by Gasteiger charge is -2.21. The zero-order valence-corrected chi connectivity index (χ0v) is 19.5. The number of nitrogens with zero attached hydrogens (tertiary/aromatic N) is 2. The van der Waals surface area contributed by atoms with Crippen LogP contribution < -0.4 is 9.47 Å². The molecule has 1 amide bonds. The van der Waals surface area contributed by atoms with E-state index in [0.717, 1.165) is 16.9 Å². The van der Waals surface area contributed by atoms with E-state index >= 15 is 0 Å². The third-order valence-corrected chi connectivity index (χ3v) is 5.60. The summed E-state index contributed by atoms with van der Waals surface area (Å²) >= 11 is 6.23. The molecule has 0 aliphatic carbocycles. The largest absolute Gasteiger partial charge is 0.497 e. The number of esters is 1. The van der Waals surface area contributed by atoms with Crippen LogP contribution >= 0.6 is 11.6 Å². The van der Waals surface area contributed by atoms with Crippen LogP contribution in [0, 0.1) is 0 Å². The van der Waals surface area contributed by atoms with E-state index in [-0.39, 0.29) is 11.9 Å². The van der Waals surface area contributed by atoms with Gasteiger partial charge in [-0.1, -0.05) is 54.1 Å². The van der Waals surface area contributed by atoms with Gasteiger partial charge in [-0.2, -0.15) is 5.10 Å². The van der Waals surface area contributed by atoms with Crippen molar-refractivity contribution in [1.82, 2.24) is 5.01 Å². The van der Waals surface area contributed by atoms with Crippen molar-refractivity contribution >= 4 is 35.3 Å². The fraction of sp³-hybridized carbons (Fsp3) is 0.148. The van der Waals surface area contributed by atoms with Crippen molar-refractivity contribution in [2.75, 3.05) is 7.11 Å². The molecule has 0 saturated carbocycles. The van der Waals surface area contributed by atoms with Crippen LogP contribution in [0.25, 0.3) is 6.08 Å². The Morgan fingerprint density at radius 1 is 1.06 bits per heavy atom. The Hall–Kier alpha value is -3.90. The molecule has 0 bridgehead atoms. The van der Waals surface area contributed by atoms with Gasteiger partial charge < -0.3 is 9.47 Å². The van der Waals surface area contributed by atoms with Crippen LogP contribution in [0.15, 0.2) is 84.0 Å². The molecule has 172 valence electrons. The first-order valence-corrected chi connectivity index (χ1v) is 11.1. The van der Waals surface area contributed by atoms with Gasteiger partial charge >= 0.3 is 5.97 Å². The highest BCUT2D eigenvalue weighted by molar-refractivity contribution is 6.31. The highest BCUT2D eigenvalue weighted by atomic mass is 35.5. The average Bonchev–Trinajstić information content (AvgIpc) is 3.29. The molecule has 1 heterocycles. The van der Waals surface area contributed by atoms with Gasteiger partial charge in [0.1, 0.15) is 11.5 Å². The second kappa shape index (κ2) is 10.4. The summed E-state index contributed by atoms with van der Waals surface area (Å²) in [7, 11) is 1.60. The molecule has 0 saturated heterocycles. The zero-order chi connectivity index (χ0) is 24.1. The number of methoxy groups -OCH3 is 1. The summed E-state index contributed by atoms with van der Waals surface area (Å²) in [4.78, 5) is 24.9. The Kier molecular flexibility index (Phi) is 7.09. The first kappa shape index (κ1) is 23.3. The highest BCUT2D eigenvalue weighted by Gasteiger charge is 2.33. The lowest BCUT2D eigenvalue weighted by Crippen LogP contribution is -2.25. The van der Waals surface area contributed by atoms with Gasteiger partial charge in [-0.3, -0.25) is 9.59 Å². The Morgan fingerprint density at radius 2 is 1.79 bits per heavy atom. The van der Waals surface area contributed by atoms with Crippen molar-refractivity contribution in [3.05, 3.63) is 101 Å². The van der Waals surface area contributed by atoms with Crippen LogP contribution in [-0.2, 0) is 9.59 Å². The van der Waals surface area contributed by atoms with E-state index in [1.165, 1.54) is 18.0 Å². The van der Waals surface area contributed by atoms with E-state index in [4.69, 9.17) is 21.1 Å². The van der Waals surface area contributed by atoms with Crippen molar-refractivity contribution in [3.8, 4) is 11.5 Å². The number of carbonyl (C=O) groups excluding carboxylic acids is 2. The summed E-state index contributed by atoms with van der Waals surface area (Å²) in [6, 6.07) is 21.7. The average molecular weight is 475 g/mol. The fourth-order valence-electron chi connectivity index (χ4n) is 3.74. The van der Waals surface area contributed by atoms with Gasteiger partial charge in [-0.05, 0) is 47.5 Å². The van der Waals surface area contributed by atoms with E-state index in [2.05, 4.69) is 5.10 Å². The van der Waals surface area contributed by atoms with Crippen LogP contribution in [-0.4, -0.2) is 29.7 Å². The van der Waals surface area contributed by atoms with Gasteiger partial charge in [0.25, 0.3) is 5.91 Å². The summed E-state index contributed by atoms with van der Waals surface area (Å²) < 4.78 is 10.6. The molecular formula is C27H23ClN2O4.